The maximum Gasteiger partial charge on any atom is 0.303 e. The molecule has 13 heteroatoms. The molecule has 10 nitrogen and oxygen atoms in total. The molecular weight excluding hydrogens is 666 g/mol. The van der Waals surface area contributed by atoms with Gasteiger partial charge in [-0.3, -0.25) is 19.2 Å². The van der Waals surface area contributed by atoms with Crippen LogP contribution in [0, 0.1) is 23.0 Å². The number of halogens is 2. The summed E-state index contributed by atoms with van der Waals surface area (Å²) in [5.74, 6) is -2.08. The van der Waals surface area contributed by atoms with Gasteiger partial charge in [0.05, 0.1) is 17.3 Å². The van der Waals surface area contributed by atoms with Gasteiger partial charge in [0, 0.05) is 64.0 Å². The zero-order valence-corrected chi connectivity index (χ0v) is 31.2. The van der Waals surface area contributed by atoms with E-state index in [1.165, 1.54) is 18.7 Å². The van der Waals surface area contributed by atoms with Crippen molar-refractivity contribution in [3.05, 3.63) is 77.8 Å². The number of hydrogen-bond acceptors (Lipinski definition) is 8. The predicted octanol–water partition coefficient (Wildman–Crippen LogP) is 6.43. The van der Waals surface area contributed by atoms with Gasteiger partial charge in [0.25, 0.3) is 5.91 Å². The highest BCUT2D eigenvalue weighted by molar-refractivity contribution is 8.13. The molecule has 0 saturated heterocycles. The van der Waals surface area contributed by atoms with Crippen molar-refractivity contribution in [2.24, 2.45) is 11.3 Å². The summed E-state index contributed by atoms with van der Waals surface area (Å²) in [5, 5.41) is 2.52. The van der Waals surface area contributed by atoms with Gasteiger partial charge >= 0.3 is 5.97 Å². The molecule has 0 bridgehead atoms. The lowest BCUT2D eigenvalue weighted by atomic mass is 9.84. The first kappa shape index (κ1) is 42.1. The molecule has 3 rings (SSSR count). The summed E-state index contributed by atoms with van der Waals surface area (Å²) in [7, 11) is 1.71. The minimum atomic E-state index is -0.763. The van der Waals surface area contributed by atoms with Gasteiger partial charge in [0.15, 0.2) is 11.7 Å². The third kappa shape index (κ3) is 14.0. The van der Waals surface area contributed by atoms with Crippen LogP contribution in [0.1, 0.15) is 72.8 Å². The van der Waals surface area contributed by atoms with Crippen molar-refractivity contribution < 1.29 is 37.4 Å². The molecule has 2 amide bonds. The summed E-state index contributed by atoms with van der Waals surface area (Å²) in [5.41, 5.74) is 0.420. The lowest BCUT2D eigenvalue weighted by Gasteiger charge is -2.41. The molecular formula is C37H50F2N4O6S. The van der Waals surface area contributed by atoms with Gasteiger partial charge in [0.2, 0.25) is 6.41 Å². The van der Waals surface area contributed by atoms with E-state index in [0.29, 0.717) is 24.5 Å². The first-order valence-corrected chi connectivity index (χ1v) is 17.2. The summed E-state index contributed by atoms with van der Waals surface area (Å²) < 4.78 is 41.0. The molecule has 50 heavy (non-hydrogen) atoms. The normalized spacial score (nSPS) is 12.6. The average molecular weight is 717 g/mol. The number of methoxy groups -OCH3 is 1. The largest absolute Gasteiger partial charge is 0.456 e. The van der Waals surface area contributed by atoms with Crippen LogP contribution in [0.4, 0.5) is 8.78 Å². The standard InChI is InChI=1S/C32H38F2N4O5S.C5H12O/c1-21(40)43-18-29(42)38(16-24(14-35-20-39)19-44-22(2)41)30(32(3,4)5)31-36-28(26-13-25(33)11-12-27(26)34)17-37(31)15-23-9-7-6-8-10-23;1-5(2,3)6-4/h6-13,17,20,24,30H,14-16,18-19H2,1-5H3,(H,35,39);1-4H3. The van der Waals surface area contributed by atoms with Crippen LogP contribution in [-0.4, -0.2) is 76.0 Å². The topological polar surface area (TPSA) is 120 Å². The quantitative estimate of drug-likeness (QED) is 0.150. The molecule has 0 spiro atoms. The van der Waals surface area contributed by atoms with Crippen LogP contribution >= 0.6 is 11.8 Å². The summed E-state index contributed by atoms with van der Waals surface area (Å²) in [4.78, 5) is 54.8. The van der Waals surface area contributed by atoms with Crippen molar-refractivity contribution >= 4 is 35.2 Å². The van der Waals surface area contributed by atoms with Crippen molar-refractivity contribution in [3.63, 3.8) is 0 Å². The molecule has 3 aromatic rings. The second-order valence-electron chi connectivity index (χ2n) is 13.8. The fourth-order valence-electron chi connectivity index (χ4n) is 4.87. The van der Waals surface area contributed by atoms with Crippen LogP contribution in [0.5, 0.6) is 0 Å². The number of nitrogens with zero attached hydrogens (tertiary/aromatic N) is 3. The van der Waals surface area contributed by atoms with Crippen molar-refractivity contribution in [2.75, 3.05) is 32.6 Å². The number of aromatic nitrogens is 2. The van der Waals surface area contributed by atoms with E-state index in [-0.39, 0.29) is 41.0 Å². The molecule has 0 aliphatic heterocycles. The van der Waals surface area contributed by atoms with Gasteiger partial charge < -0.3 is 24.3 Å². The van der Waals surface area contributed by atoms with Crippen molar-refractivity contribution in [3.8, 4) is 11.3 Å². The predicted molar refractivity (Wildman–Crippen MR) is 191 cm³/mol. The Hall–Kier alpha value is -4.10. The Morgan fingerprint density at radius 2 is 1.68 bits per heavy atom. The number of nitrogens with one attached hydrogen (secondary N) is 1. The second kappa shape index (κ2) is 19.3. The molecule has 2 atom stereocenters. The Morgan fingerprint density at radius 3 is 2.22 bits per heavy atom. The van der Waals surface area contributed by atoms with Gasteiger partial charge in [-0.15, -0.1) is 0 Å². The fourth-order valence-corrected chi connectivity index (χ4v) is 5.57. The van der Waals surface area contributed by atoms with E-state index in [2.05, 4.69) is 5.32 Å². The number of ether oxygens (including phenoxy) is 2. The zero-order valence-electron chi connectivity index (χ0n) is 30.4. The Labute approximate surface area is 298 Å². The van der Waals surface area contributed by atoms with Gasteiger partial charge in [0.1, 0.15) is 17.5 Å². The molecule has 1 N–H and O–H groups in total. The van der Waals surface area contributed by atoms with Crippen LogP contribution in [0.25, 0.3) is 11.3 Å². The van der Waals surface area contributed by atoms with E-state index in [4.69, 9.17) is 14.5 Å². The van der Waals surface area contributed by atoms with Gasteiger partial charge in [-0.2, -0.15) is 0 Å². The van der Waals surface area contributed by atoms with Crippen LogP contribution < -0.4 is 5.32 Å². The number of esters is 1. The lowest BCUT2D eigenvalue weighted by molar-refractivity contribution is -0.153. The first-order valence-electron chi connectivity index (χ1n) is 16.2. The molecule has 0 aliphatic rings. The summed E-state index contributed by atoms with van der Waals surface area (Å²) in [6.45, 7) is 14.5. The lowest BCUT2D eigenvalue weighted by Crippen LogP contribution is -2.48. The van der Waals surface area contributed by atoms with E-state index >= 15 is 0 Å². The highest BCUT2D eigenvalue weighted by atomic mass is 32.2. The Morgan fingerprint density at radius 1 is 1.04 bits per heavy atom. The summed E-state index contributed by atoms with van der Waals surface area (Å²) >= 11 is 1.07. The first-order chi connectivity index (χ1) is 23.4. The molecule has 0 fully saturated rings. The van der Waals surface area contributed by atoms with Crippen molar-refractivity contribution in [1.82, 2.24) is 19.8 Å². The number of amides is 2. The van der Waals surface area contributed by atoms with Crippen LogP contribution in [0.15, 0.2) is 54.7 Å². The number of rotatable bonds is 14. The fraction of sp³-hybridized carbons (Fsp3) is 0.486. The van der Waals surface area contributed by atoms with Crippen LogP contribution in [-0.2, 0) is 35.2 Å². The molecule has 0 saturated carbocycles. The number of carbonyl (C=O) groups is 4. The molecule has 274 valence electrons. The minimum Gasteiger partial charge on any atom is -0.456 e. The Bertz CT molecular complexity index is 1570. The number of benzene rings is 2. The SMILES string of the molecule is CC(=O)OCC(=O)N(CC(CNC=O)CSC(C)=O)C(c1nc(-c2cc(F)ccc2F)cn1Cc1ccccc1)C(C)(C)C.COC(C)(C)C. The second-order valence-corrected chi connectivity index (χ2v) is 15.0. The number of imidazole rings is 1. The Kier molecular flexibility index (Phi) is 16.3. The van der Waals surface area contributed by atoms with Crippen LogP contribution in [0.3, 0.4) is 0 Å². The van der Waals surface area contributed by atoms with Gasteiger partial charge in [-0.1, -0.05) is 62.9 Å². The molecule has 0 aliphatic carbocycles. The third-order valence-corrected chi connectivity index (χ3v) is 8.43. The Balaban J connectivity index is 0.00000132. The monoisotopic (exact) mass is 716 g/mol. The highest BCUT2D eigenvalue weighted by Gasteiger charge is 2.39. The number of hydrogen-bond donors (Lipinski definition) is 1. The molecule has 1 heterocycles. The van der Waals surface area contributed by atoms with E-state index in [0.717, 1.165) is 35.5 Å². The maximum absolute atomic E-state index is 15.0. The molecule has 0 radical (unpaired) electrons. The zero-order chi connectivity index (χ0) is 37.6. The molecule has 1 aromatic heterocycles. The maximum atomic E-state index is 15.0. The van der Waals surface area contributed by atoms with Gasteiger partial charge in [-0.05, 0) is 49.9 Å². The number of thioether (sulfide) groups is 1. The number of carbonyl (C=O) groups excluding carboxylic acids is 4. The molecule has 2 aromatic carbocycles. The van der Waals surface area contributed by atoms with E-state index in [1.54, 1.807) is 17.9 Å². The summed E-state index contributed by atoms with van der Waals surface area (Å²) in [6.07, 6.45) is 2.18. The van der Waals surface area contributed by atoms with E-state index in [9.17, 15) is 28.0 Å². The average Bonchev–Trinajstić information content (AvgIpc) is 3.43. The van der Waals surface area contributed by atoms with Gasteiger partial charge in [-0.25, -0.2) is 13.8 Å². The minimum absolute atomic E-state index is 0.0329. The van der Waals surface area contributed by atoms with Crippen molar-refractivity contribution in [1.29, 1.82) is 0 Å². The van der Waals surface area contributed by atoms with Crippen LogP contribution in [0.2, 0.25) is 0 Å². The smallest absolute Gasteiger partial charge is 0.303 e. The third-order valence-electron chi connectivity index (χ3n) is 7.38. The van der Waals surface area contributed by atoms with E-state index < -0.39 is 41.6 Å². The van der Waals surface area contributed by atoms with E-state index in [1.807, 2.05) is 71.9 Å². The highest BCUT2D eigenvalue weighted by Crippen LogP contribution is 2.40. The molecule has 2 unspecified atom stereocenters. The summed E-state index contributed by atoms with van der Waals surface area (Å²) in [6, 6.07) is 11.9. The van der Waals surface area contributed by atoms with Crippen molar-refractivity contribution in [2.45, 2.75) is 73.6 Å².